The number of amides is 1. The molecule has 30 heavy (non-hydrogen) atoms. The Kier molecular flexibility index (Phi) is 8.11. The van der Waals surface area contributed by atoms with Gasteiger partial charge in [-0.1, -0.05) is 31.5 Å². The largest absolute Gasteiger partial charge is 0.497 e. The molecule has 0 bridgehead atoms. The van der Waals surface area contributed by atoms with Crippen LogP contribution in [0, 0.1) is 12.8 Å². The summed E-state index contributed by atoms with van der Waals surface area (Å²) in [6, 6.07) is 11.3. The number of anilines is 1. The molecule has 7 nitrogen and oxygen atoms in total. The van der Waals surface area contributed by atoms with Crippen molar-refractivity contribution in [3.05, 3.63) is 48.0 Å². The van der Waals surface area contributed by atoms with Crippen LogP contribution in [0.3, 0.4) is 0 Å². The normalized spacial score (nSPS) is 11.3. The molecule has 1 amide bonds. The average molecular weight is 435 g/mol. The van der Waals surface area contributed by atoms with E-state index in [4.69, 9.17) is 9.47 Å². The van der Waals surface area contributed by atoms with E-state index in [1.54, 1.807) is 30.3 Å². The molecule has 2 rings (SSSR count). The van der Waals surface area contributed by atoms with E-state index in [0.717, 1.165) is 16.3 Å². The fraction of sp³-hybridized carbons (Fsp3) is 0.409. The Labute approximate surface area is 179 Å². The van der Waals surface area contributed by atoms with Crippen LogP contribution in [-0.2, 0) is 14.8 Å². The molecule has 0 aliphatic rings. The maximum absolute atomic E-state index is 13.5. The Bertz CT molecular complexity index is 956. The van der Waals surface area contributed by atoms with Gasteiger partial charge in [0.1, 0.15) is 18.0 Å². The van der Waals surface area contributed by atoms with Crippen molar-refractivity contribution >= 4 is 21.6 Å². The minimum absolute atomic E-state index is 0.0907. The van der Waals surface area contributed by atoms with E-state index >= 15 is 0 Å². The highest BCUT2D eigenvalue weighted by Crippen LogP contribution is 2.35. The van der Waals surface area contributed by atoms with E-state index in [1.165, 1.54) is 26.4 Å². The number of ether oxygens (including phenoxy) is 2. The molecule has 2 aromatic rings. The summed E-state index contributed by atoms with van der Waals surface area (Å²) in [5.41, 5.74) is 1.17. The van der Waals surface area contributed by atoms with Crippen LogP contribution in [0.2, 0.25) is 0 Å². The van der Waals surface area contributed by atoms with E-state index in [9.17, 15) is 13.2 Å². The van der Waals surface area contributed by atoms with Gasteiger partial charge in [0.15, 0.2) is 0 Å². The zero-order chi connectivity index (χ0) is 22.3. The molecule has 8 heteroatoms. The summed E-state index contributed by atoms with van der Waals surface area (Å²) in [5.74, 6) is 0.809. The molecule has 0 spiro atoms. The Hall–Kier alpha value is -2.74. The Morgan fingerprint density at radius 1 is 1.07 bits per heavy atom. The van der Waals surface area contributed by atoms with Gasteiger partial charge >= 0.3 is 0 Å². The number of nitrogens with one attached hydrogen (secondary N) is 1. The average Bonchev–Trinajstić information content (AvgIpc) is 2.71. The van der Waals surface area contributed by atoms with Gasteiger partial charge in [-0.3, -0.25) is 9.10 Å². The van der Waals surface area contributed by atoms with Crippen LogP contribution in [0.1, 0.15) is 25.8 Å². The first kappa shape index (κ1) is 23.5. The lowest BCUT2D eigenvalue weighted by molar-refractivity contribution is -0.119. The Morgan fingerprint density at radius 2 is 1.73 bits per heavy atom. The topological polar surface area (TPSA) is 84.9 Å². The van der Waals surface area contributed by atoms with E-state index < -0.39 is 15.9 Å². The van der Waals surface area contributed by atoms with Gasteiger partial charge in [0.05, 0.1) is 24.8 Å². The first-order valence-electron chi connectivity index (χ1n) is 9.77. The summed E-state index contributed by atoms with van der Waals surface area (Å²) in [6.45, 7) is 6.09. The molecule has 164 valence electrons. The summed E-state index contributed by atoms with van der Waals surface area (Å²) in [5, 5.41) is 2.80. The van der Waals surface area contributed by atoms with Crippen LogP contribution in [0.5, 0.6) is 11.5 Å². The second kappa shape index (κ2) is 10.3. The van der Waals surface area contributed by atoms with E-state index in [-0.39, 0.29) is 17.1 Å². The smallest absolute Gasteiger partial charge is 0.264 e. The predicted octanol–water partition coefficient (Wildman–Crippen LogP) is 3.37. The molecule has 0 atom stereocenters. The summed E-state index contributed by atoms with van der Waals surface area (Å²) < 4.78 is 38.7. The van der Waals surface area contributed by atoms with Gasteiger partial charge in [-0.15, -0.1) is 0 Å². The number of carbonyl (C=O) groups excluding carboxylic acids is 1. The first-order valence-corrected chi connectivity index (χ1v) is 11.2. The molecule has 0 radical (unpaired) electrons. The van der Waals surface area contributed by atoms with Crippen LogP contribution >= 0.6 is 0 Å². The second-order valence-electron chi connectivity index (χ2n) is 7.39. The SMILES string of the molecule is COc1ccc(OC)c(N(CC(=O)NCCC(C)C)S(=O)(=O)c2ccc(C)cc2)c1. The molecule has 0 saturated carbocycles. The van der Waals surface area contributed by atoms with Gasteiger partial charge in [-0.25, -0.2) is 8.42 Å². The van der Waals surface area contributed by atoms with Crippen LogP contribution in [0.25, 0.3) is 0 Å². The summed E-state index contributed by atoms with van der Waals surface area (Å²) >= 11 is 0. The van der Waals surface area contributed by atoms with Gasteiger partial charge in [-0.2, -0.15) is 0 Å². The molecule has 0 aliphatic heterocycles. The van der Waals surface area contributed by atoms with E-state index in [2.05, 4.69) is 19.2 Å². The van der Waals surface area contributed by atoms with Gasteiger partial charge in [0.2, 0.25) is 5.91 Å². The first-order chi connectivity index (χ1) is 14.2. The molecule has 0 aliphatic carbocycles. The van der Waals surface area contributed by atoms with Crippen molar-refractivity contribution in [2.45, 2.75) is 32.1 Å². The third-order valence-corrected chi connectivity index (χ3v) is 6.37. The lowest BCUT2D eigenvalue weighted by atomic mass is 10.1. The van der Waals surface area contributed by atoms with Crippen molar-refractivity contribution in [1.29, 1.82) is 0 Å². The highest BCUT2D eigenvalue weighted by atomic mass is 32.2. The number of methoxy groups -OCH3 is 2. The van der Waals surface area contributed by atoms with Crippen molar-refractivity contribution in [1.82, 2.24) is 5.32 Å². The number of benzene rings is 2. The minimum Gasteiger partial charge on any atom is -0.497 e. The van der Waals surface area contributed by atoms with E-state index in [0.29, 0.717) is 24.0 Å². The Morgan fingerprint density at radius 3 is 2.30 bits per heavy atom. The monoisotopic (exact) mass is 434 g/mol. The molecule has 0 saturated heterocycles. The maximum atomic E-state index is 13.5. The molecule has 0 heterocycles. The maximum Gasteiger partial charge on any atom is 0.264 e. The van der Waals surface area contributed by atoms with Gasteiger partial charge in [0.25, 0.3) is 10.0 Å². The minimum atomic E-state index is -4.03. The summed E-state index contributed by atoms with van der Waals surface area (Å²) in [6.07, 6.45) is 0.804. The molecule has 0 unspecified atom stereocenters. The number of hydrogen-bond acceptors (Lipinski definition) is 5. The zero-order valence-electron chi connectivity index (χ0n) is 18.1. The highest BCUT2D eigenvalue weighted by molar-refractivity contribution is 7.92. The lowest BCUT2D eigenvalue weighted by Gasteiger charge is -2.26. The number of hydrogen-bond donors (Lipinski definition) is 1. The van der Waals surface area contributed by atoms with Gasteiger partial charge < -0.3 is 14.8 Å². The number of nitrogens with zero attached hydrogens (tertiary/aromatic N) is 1. The molecule has 1 N–H and O–H groups in total. The number of sulfonamides is 1. The number of carbonyl (C=O) groups is 1. The van der Waals surface area contributed by atoms with Crippen molar-refractivity contribution in [2.24, 2.45) is 5.92 Å². The fourth-order valence-corrected chi connectivity index (χ4v) is 4.24. The van der Waals surface area contributed by atoms with Crippen molar-refractivity contribution in [3.8, 4) is 11.5 Å². The van der Waals surface area contributed by atoms with Crippen LogP contribution < -0.4 is 19.1 Å². The van der Waals surface area contributed by atoms with Crippen molar-refractivity contribution in [3.63, 3.8) is 0 Å². The van der Waals surface area contributed by atoms with Crippen LogP contribution in [0.15, 0.2) is 47.4 Å². The standard InChI is InChI=1S/C22H30N2O5S/c1-16(2)12-13-23-22(25)15-24(20-14-18(28-4)8-11-21(20)29-5)30(26,27)19-9-6-17(3)7-10-19/h6-11,14,16H,12-13,15H2,1-5H3,(H,23,25). The van der Waals surface area contributed by atoms with Crippen LogP contribution in [0.4, 0.5) is 5.69 Å². The summed E-state index contributed by atoms with van der Waals surface area (Å²) in [4.78, 5) is 12.7. The van der Waals surface area contributed by atoms with Gasteiger partial charge in [-0.05, 0) is 43.5 Å². The highest BCUT2D eigenvalue weighted by Gasteiger charge is 2.29. The predicted molar refractivity (Wildman–Crippen MR) is 118 cm³/mol. The Balaban J connectivity index is 2.47. The lowest BCUT2D eigenvalue weighted by Crippen LogP contribution is -2.41. The van der Waals surface area contributed by atoms with Crippen molar-refractivity contribution < 1.29 is 22.7 Å². The number of aryl methyl sites for hydroxylation is 1. The zero-order valence-corrected chi connectivity index (χ0v) is 19.0. The van der Waals surface area contributed by atoms with E-state index in [1.807, 2.05) is 6.92 Å². The molecule has 0 aromatic heterocycles. The number of rotatable bonds is 10. The molecular weight excluding hydrogens is 404 g/mol. The molecule has 2 aromatic carbocycles. The van der Waals surface area contributed by atoms with Crippen LogP contribution in [-0.4, -0.2) is 41.6 Å². The second-order valence-corrected chi connectivity index (χ2v) is 9.26. The third kappa shape index (κ3) is 5.89. The third-order valence-electron chi connectivity index (χ3n) is 4.59. The fourth-order valence-electron chi connectivity index (χ4n) is 2.82. The quantitative estimate of drug-likeness (QED) is 0.620. The molecular formula is C22H30N2O5S. The summed E-state index contributed by atoms with van der Waals surface area (Å²) in [7, 11) is -1.09. The van der Waals surface area contributed by atoms with Gasteiger partial charge in [0, 0.05) is 12.6 Å². The van der Waals surface area contributed by atoms with Crippen molar-refractivity contribution in [2.75, 3.05) is 31.6 Å². The molecule has 0 fully saturated rings.